The summed E-state index contributed by atoms with van der Waals surface area (Å²) in [7, 11) is 1.90. The van der Waals surface area contributed by atoms with Gasteiger partial charge in [-0.15, -0.1) is 0 Å². The lowest BCUT2D eigenvalue weighted by Gasteiger charge is -2.23. The average Bonchev–Trinajstić information content (AvgIpc) is 2.46. The number of hydrogen-bond donors (Lipinski definition) is 1. The first kappa shape index (κ1) is 8.75. The van der Waals surface area contributed by atoms with Crippen LogP contribution in [0.15, 0.2) is 10.6 Å². The Balaban J connectivity index is 1.88. The van der Waals surface area contributed by atoms with Crippen molar-refractivity contribution in [2.45, 2.75) is 32.2 Å². The molecule has 0 bridgehead atoms. The highest BCUT2D eigenvalue weighted by Gasteiger charge is 2.19. The highest BCUT2D eigenvalue weighted by Crippen LogP contribution is 2.29. The Hall–Kier alpha value is -0.830. The van der Waals surface area contributed by atoms with Crippen molar-refractivity contribution in [3.63, 3.8) is 0 Å². The van der Waals surface area contributed by atoms with Crippen LogP contribution in [0.3, 0.4) is 0 Å². The van der Waals surface area contributed by atoms with Gasteiger partial charge in [-0.1, -0.05) is 19.3 Å². The lowest BCUT2D eigenvalue weighted by atomic mass is 9.82. The third-order valence-electron chi connectivity index (χ3n) is 2.64. The van der Waals surface area contributed by atoms with Crippen LogP contribution in [0.5, 0.6) is 0 Å². The number of rotatable bonds is 4. The van der Waals surface area contributed by atoms with Crippen LogP contribution in [0.2, 0.25) is 0 Å². The second kappa shape index (κ2) is 3.92. The second-order valence-electron chi connectivity index (χ2n) is 3.75. The van der Waals surface area contributed by atoms with E-state index in [9.17, 15) is 0 Å². The molecular weight excluding hydrogens is 164 g/mol. The number of nitrogens with zero attached hydrogens (tertiary/aromatic N) is 1. The van der Waals surface area contributed by atoms with E-state index >= 15 is 0 Å². The average molecular weight is 180 g/mol. The maximum absolute atomic E-state index is 5.56. The van der Waals surface area contributed by atoms with E-state index in [-0.39, 0.29) is 0 Å². The molecule has 3 nitrogen and oxygen atoms in total. The molecule has 13 heavy (non-hydrogen) atoms. The van der Waals surface area contributed by atoms with Crippen molar-refractivity contribution in [1.29, 1.82) is 0 Å². The molecule has 1 aliphatic rings. The molecular formula is C10H16N2O. The fourth-order valence-electron chi connectivity index (χ4n) is 1.66. The third-order valence-corrected chi connectivity index (χ3v) is 2.64. The van der Waals surface area contributed by atoms with Crippen LogP contribution in [0.4, 0.5) is 0 Å². The van der Waals surface area contributed by atoms with Crippen molar-refractivity contribution in [1.82, 2.24) is 10.3 Å². The molecule has 1 fully saturated rings. The second-order valence-corrected chi connectivity index (χ2v) is 3.75. The Morgan fingerprint density at radius 2 is 2.46 bits per heavy atom. The molecule has 0 saturated heterocycles. The fraction of sp³-hybridized carbons (Fsp3) is 0.700. The minimum atomic E-state index is 0.727. The van der Waals surface area contributed by atoms with Gasteiger partial charge < -0.3 is 9.73 Å². The topological polar surface area (TPSA) is 38.1 Å². The van der Waals surface area contributed by atoms with E-state index in [1.807, 2.05) is 13.2 Å². The number of oxazole rings is 1. The van der Waals surface area contributed by atoms with Gasteiger partial charge in [-0.3, -0.25) is 0 Å². The van der Waals surface area contributed by atoms with Crippen molar-refractivity contribution in [3.8, 4) is 0 Å². The molecule has 1 aromatic heterocycles. The molecule has 0 radical (unpaired) electrons. The van der Waals surface area contributed by atoms with E-state index in [2.05, 4.69) is 10.3 Å². The molecule has 1 aromatic rings. The Morgan fingerprint density at radius 1 is 1.62 bits per heavy atom. The monoisotopic (exact) mass is 180 g/mol. The van der Waals surface area contributed by atoms with Crippen LogP contribution < -0.4 is 5.32 Å². The summed E-state index contributed by atoms with van der Waals surface area (Å²) in [5.74, 6) is 2.71. The van der Waals surface area contributed by atoms with Gasteiger partial charge >= 0.3 is 0 Å². The smallest absolute Gasteiger partial charge is 0.208 e. The highest BCUT2D eigenvalue weighted by atomic mass is 16.4. The van der Waals surface area contributed by atoms with Gasteiger partial charge in [0.1, 0.15) is 5.76 Å². The summed E-state index contributed by atoms with van der Waals surface area (Å²) < 4.78 is 5.56. The predicted molar refractivity (Wildman–Crippen MR) is 50.3 cm³/mol. The van der Waals surface area contributed by atoms with Gasteiger partial charge in [0, 0.05) is 6.42 Å². The number of hydrogen-bond acceptors (Lipinski definition) is 3. The van der Waals surface area contributed by atoms with E-state index in [0.29, 0.717) is 0 Å². The first-order valence-corrected chi connectivity index (χ1v) is 4.96. The van der Waals surface area contributed by atoms with Gasteiger partial charge in [0.2, 0.25) is 5.89 Å². The zero-order valence-electron chi connectivity index (χ0n) is 8.05. The Kier molecular flexibility index (Phi) is 2.64. The summed E-state index contributed by atoms with van der Waals surface area (Å²) in [5, 5.41) is 3.02. The van der Waals surface area contributed by atoms with Gasteiger partial charge in [0.15, 0.2) is 0 Å². The van der Waals surface area contributed by atoms with Gasteiger partial charge in [0.05, 0.1) is 12.7 Å². The van der Waals surface area contributed by atoms with Gasteiger partial charge in [-0.25, -0.2) is 4.98 Å². The van der Waals surface area contributed by atoms with Gasteiger partial charge in [0.25, 0.3) is 0 Å². The van der Waals surface area contributed by atoms with E-state index in [1.165, 1.54) is 19.3 Å². The molecule has 0 unspecified atom stereocenters. The molecule has 0 aromatic carbocycles. The normalized spacial score (nSPS) is 17.3. The Labute approximate surface area is 78.5 Å². The molecule has 0 spiro atoms. The minimum Gasteiger partial charge on any atom is -0.444 e. The highest BCUT2D eigenvalue weighted by molar-refractivity contribution is 4.96. The summed E-state index contributed by atoms with van der Waals surface area (Å²) in [5.41, 5.74) is 0. The molecule has 1 saturated carbocycles. The zero-order valence-corrected chi connectivity index (χ0v) is 8.05. The van der Waals surface area contributed by atoms with Crippen LogP contribution in [0.1, 0.15) is 30.9 Å². The quantitative estimate of drug-likeness (QED) is 0.767. The first-order valence-electron chi connectivity index (χ1n) is 4.96. The van der Waals surface area contributed by atoms with Gasteiger partial charge in [-0.05, 0) is 13.0 Å². The van der Waals surface area contributed by atoms with Crippen LogP contribution in [0, 0.1) is 5.92 Å². The molecule has 0 aliphatic heterocycles. The molecule has 3 heteroatoms. The molecule has 72 valence electrons. The summed E-state index contributed by atoms with van der Waals surface area (Å²) in [6, 6.07) is 0. The van der Waals surface area contributed by atoms with Crippen molar-refractivity contribution < 1.29 is 4.42 Å². The Bertz CT molecular complexity index is 266. The molecule has 0 atom stereocenters. The maximum atomic E-state index is 5.56. The first-order chi connectivity index (χ1) is 6.38. The molecule has 2 rings (SSSR count). The fourth-order valence-corrected chi connectivity index (χ4v) is 1.66. The van der Waals surface area contributed by atoms with Crippen LogP contribution in [-0.2, 0) is 13.0 Å². The number of aromatic nitrogens is 1. The lowest BCUT2D eigenvalue weighted by Crippen LogP contribution is -2.13. The maximum Gasteiger partial charge on any atom is 0.208 e. The SMILES string of the molecule is CNCc1ncc(CC2CCC2)o1. The zero-order chi connectivity index (χ0) is 9.10. The predicted octanol–water partition coefficient (Wildman–Crippen LogP) is 1.74. The molecule has 0 amide bonds. The molecule has 1 N–H and O–H groups in total. The number of nitrogens with one attached hydrogen (secondary N) is 1. The third kappa shape index (κ3) is 2.10. The lowest BCUT2D eigenvalue weighted by molar-refractivity contribution is 0.290. The van der Waals surface area contributed by atoms with Crippen molar-refractivity contribution >= 4 is 0 Å². The standard InChI is InChI=1S/C10H16N2O/c1-11-7-10-12-6-9(13-10)5-8-3-2-4-8/h6,8,11H,2-5,7H2,1H3. The van der Waals surface area contributed by atoms with Crippen molar-refractivity contribution in [3.05, 3.63) is 17.8 Å². The van der Waals surface area contributed by atoms with Gasteiger partial charge in [-0.2, -0.15) is 0 Å². The Morgan fingerprint density at radius 3 is 3.08 bits per heavy atom. The van der Waals surface area contributed by atoms with Crippen molar-refractivity contribution in [2.75, 3.05) is 7.05 Å². The van der Waals surface area contributed by atoms with E-state index in [4.69, 9.17) is 4.42 Å². The van der Waals surface area contributed by atoms with Crippen molar-refractivity contribution in [2.24, 2.45) is 5.92 Å². The summed E-state index contributed by atoms with van der Waals surface area (Å²) in [4.78, 5) is 4.19. The van der Waals surface area contributed by atoms with Crippen LogP contribution >= 0.6 is 0 Å². The van der Waals surface area contributed by atoms with E-state index in [1.54, 1.807) is 0 Å². The largest absolute Gasteiger partial charge is 0.444 e. The minimum absolute atomic E-state index is 0.727. The van der Waals surface area contributed by atoms with Crippen LogP contribution in [0.25, 0.3) is 0 Å². The molecule has 1 heterocycles. The van der Waals surface area contributed by atoms with Crippen LogP contribution in [-0.4, -0.2) is 12.0 Å². The summed E-state index contributed by atoms with van der Waals surface area (Å²) in [6.45, 7) is 0.727. The summed E-state index contributed by atoms with van der Waals surface area (Å²) >= 11 is 0. The summed E-state index contributed by atoms with van der Waals surface area (Å²) in [6.07, 6.45) is 7.06. The van der Waals surface area contributed by atoms with E-state index in [0.717, 1.165) is 30.5 Å². The van der Waals surface area contributed by atoms with E-state index < -0.39 is 0 Å². The molecule has 1 aliphatic carbocycles.